The Morgan fingerprint density at radius 2 is 0.476 bits per heavy atom. The molecule has 6 nitrogen and oxygen atoms in total. The summed E-state index contributed by atoms with van der Waals surface area (Å²) in [5.74, 6) is -0.855. The van der Waals surface area contributed by atoms with Crippen LogP contribution >= 0.6 is 0 Å². The summed E-state index contributed by atoms with van der Waals surface area (Å²) in [5, 5.41) is 0. The Bertz CT molecular complexity index is 1550. The fourth-order valence-electron chi connectivity index (χ4n) is 10.4. The summed E-state index contributed by atoms with van der Waals surface area (Å²) < 4.78 is 17.0. The molecule has 1 atom stereocenters. The molecular weight excluding hydrogens is 1010 g/mol. The predicted molar refractivity (Wildman–Crippen MR) is 358 cm³/mol. The molecule has 0 spiro atoms. The van der Waals surface area contributed by atoms with E-state index in [9.17, 15) is 14.4 Å². The van der Waals surface area contributed by atoms with Gasteiger partial charge in [-0.05, 0) is 77.0 Å². The standard InChI is InChI=1S/C76H134O6/c1-4-7-10-13-16-19-22-25-28-30-32-33-34-35-36-37-38-39-40-41-42-43-45-46-48-51-54-57-60-63-66-69-75(78)81-72-73(71-80-74(77)68-65-62-59-56-53-50-27-24-21-18-15-12-9-6-3)82-76(79)70-67-64-61-58-55-52-49-47-44-31-29-26-23-20-17-14-11-8-5-2/h7,10,16,19,25,28,32-33,35-36,38-39,41-42,73H,4-6,8-9,11-15,17-18,20-24,26-27,29-31,34,37,40,43-72H2,1-3H3/b10-7-,19-16-,28-25-,33-32-,36-35-,39-38-,42-41-. The van der Waals surface area contributed by atoms with Crippen LogP contribution in [0.4, 0.5) is 0 Å². The highest BCUT2D eigenvalue weighted by Gasteiger charge is 2.19. The van der Waals surface area contributed by atoms with Crippen molar-refractivity contribution >= 4 is 17.9 Å². The lowest BCUT2D eigenvalue weighted by molar-refractivity contribution is -0.167. The van der Waals surface area contributed by atoms with E-state index < -0.39 is 6.10 Å². The molecule has 1 unspecified atom stereocenters. The van der Waals surface area contributed by atoms with Crippen LogP contribution in [0.15, 0.2) is 85.1 Å². The Labute approximate surface area is 509 Å². The molecule has 6 heteroatoms. The number of carbonyl (C=O) groups is 3. The van der Waals surface area contributed by atoms with Crippen LogP contribution in [0.1, 0.15) is 361 Å². The summed E-state index contributed by atoms with van der Waals surface area (Å²) in [4.78, 5) is 38.4. The molecule has 474 valence electrons. The number of hydrogen-bond donors (Lipinski definition) is 0. The number of ether oxygens (including phenoxy) is 3. The van der Waals surface area contributed by atoms with Gasteiger partial charge in [-0.15, -0.1) is 0 Å². The van der Waals surface area contributed by atoms with Crippen LogP contribution in [0.3, 0.4) is 0 Å². The minimum Gasteiger partial charge on any atom is -0.462 e. The number of carbonyl (C=O) groups excluding carboxylic acids is 3. The number of allylic oxidation sites excluding steroid dienone is 14. The maximum absolute atomic E-state index is 12.9. The van der Waals surface area contributed by atoms with Crippen molar-refractivity contribution in [3.8, 4) is 0 Å². The summed E-state index contributed by atoms with van der Waals surface area (Å²) in [6.07, 6.45) is 93.2. The van der Waals surface area contributed by atoms with Gasteiger partial charge in [-0.1, -0.05) is 350 Å². The quantitative estimate of drug-likeness (QED) is 0.0261. The van der Waals surface area contributed by atoms with Crippen molar-refractivity contribution in [3.63, 3.8) is 0 Å². The van der Waals surface area contributed by atoms with Gasteiger partial charge in [0, 0.05) is 19.3 Å². The zero-order chi connectivity index (χ0) is 59.2. The van der Waals surface area contributed by atoms with Crippen molar-refractivity contribution in [1.82, 2.24) is 0 Å². The minimum atomic E-state index is -0.776. The van der Waals surface area contributed by atoms with Crippen LogP contribution < -0.4 is 0 Å². The Balaban J connectivity index is 4.27. The molecule has 0 radical (unpaired) electrons. The molecule has 0 aliphatic carbocycles. The average molecular weight is 1140 g/mol. The first-order valence-corrected chi connectivity index (χ1v) is 35.6. The van der Waals surface area contributed by atoms with Crippen molar-refractivity contribution in [2.75, 3.05) is 13.2 Å². The second kappa shape index (κ2) is 70.1. The number of hydrogen-bond acceptors (Lipinski definition) is 6. The van der Waals surface area contributed by atoms with E-state index in [2.05, 4.69) is 106 Å². The van der Waals surface area contributed by atoms with Crippen LogP contribution in [0.25, 0.3) is 0 Å². The van der Waals surface area contributed by atoms with Crippen LogP contribution in [0, 0.1) is 0 Å². The molecule has 0 saturated heterocycles. The van der Waals surface area contributed by atoms with E-state index in [0.29, 0.717) is 19.3 Å². The van der Waals surface area contributed by atoms with Crippen molar-refractivity contribution in [3.05, 3.63) is 85.1 Å². The van der Waals surface area contributed by atoms with Gasteiger partial charge in [0.1, 0.15) is 13.2 Å². The van der Waals surface area contributed by atoms with E-state index in [-0.39, 0.29) is 31.1 Å². The molecule has 0 saturated carbocycles. The van der Waals surface area contributed by atoms with Crippen LogP contribution in [0.5, 0.6) is 0 Å². The lowest BCUT2D eigenvalue weighted by atomic mass is 10.0. The lowest BCUT2D eigenvalue weighted by Crippen LogP contribution is -2.30. The van der Waals surface area contributed by atoms with Crippen molar-refractivity contribution in [2.24, 2.45) is 0 Å². The molecule has 0 rings (SSSR count). The summed E-state index contributed by atoms with van der Waals surface area (Å²) in [5.41, 5.74) is 0. The van der Waals surface area contributed by atoms with E-state index in [1.807, 2.05) is 0 Å². The third kappa shape index (κ3) is 67.4. The average Bonchev–Trinajstić information content (AvgIpc) is 3.47. The van der Waals surface area contributed by atoms with Gasteiger partial charge in [-0.2, -0.15) is 0 Å². The van der Waals surface area contributed by atoms with Gasteiger partial charge in [0.25, 0.3) is 0 Å². The van der Waals surface area contributed by atoms with Gasteiger partial charge in [0.05, 0.1) is 0 Å². The first-order chi connectivity index (χ1) is 40.5. The number of unbranched alkanes of at least 4 members (excludes halogenated alkanes) is 40. The Morgan fingerprint density at radius 1 is 0.256 bits per heavy atom. The largest absolute Gasteiger partial charge is 0.462 e. The van der Waals surface area contributed by atoms with Crippen LogP contribution in [-0.2, 0) is 28.6 Å². The fourth-order valence-corrected chi connectivity index (χ4v) is 10.4. The molecule has 0 bridgehead atoms. The second-order valence-electron chi connectivity index (χ2n) is 23.8. The van der Waals surface area contributed by atoms with Gasteiger partial charge in [0.15, 0.2) is 6.10 Å². The highest BCUT2D eigenvalue weighted by Crippen LogP contribution is 2.18. The van der Waals surface area contributed by atoms with Crippen molar-refractivity contribution in [2.45, 2.75) is 367 Å². The highest BCUT2D eigenvalue weighted by atomic mass is 16.6. The zero-order valence-corrected chi connectivity index (χ0v) is 54.5. The molecule has 0 aromatic rings. The Morgan fingerprint density at radius 3 is 0.744 bits per heavy atom. The van der Waals surface area contributed by atoms with Gasteiger partial charge >= 0.3 is 17.9 Å². The zero-order valence-electron chi connectivity index (χ0n) is 54.5. The molecule has 82 heavy (non-hydrogen) atoms. The summed E-state index contributed by atoms with van der Waals surface area (Å²) in [6.45, 7) is 6.58. The summed E-state index contributed by atoms with van der Waals surface area (Å²) >= 11 is 0. The van der Waals surface area contributed by atoms with Gasteiger partial charge in [-0.3, -0.25) is 14.4 Å². The lowest BCUT2D eigenvalue weighted by Gasteiger charge is -2.18. The van der Waals surface area contributed by atoms with Crippen LogP contribution in [0.2, 0.25) is 0 Å². The first kappa shape index (κ1) is 78.6. The Hall–Kier alpha value is -3.41. The fraction of sp³-hybridized carbons (Fsp3) is 0.776. The molecule has 0 N–H and O–H groups in total. The molecule has 0 aromatic heterocycles. The minimum absolute atomic E-state index is 0.0720. The van der Waals surface area contributed by atoms with E-state index in [0.717, 1.165) is 109 Å². The summed E-state index contributed by atoms with van der Waals surface area (Å²) in [7, 11) is 0. The van der Waals surface area contributed by atoms with E-state index in [1.54, 1.807) is 0 Å². The molecule has 0 heterocycles. The highest BCUT2D eigenvalue weighted by molar-refractivity contribution is 5.71. The molecule has 0 amide bonds. The SMILES string of the molecule is CC/C=C\C/C=C\C/C=C\C/C=C\C/C=C\C/C=C\C/C=C\CCCCCCCCCCCC(=O)OCC(COC(=O)CCCCCCCCCCCCCCCC)OC(=O)CCCCCCCCCCCCCCCCCCCCC. The summed E-state index contributed by atoms with van der Waals surface area (Å²) in [6, 6.07) is 0. The third-order valence-corrected chi connectivity index (χ3v) is 15.7. The maximum Gasteiger partial charge on any atom is 0.306 e. The topological polar surface area (TPSA) is 78.9 Å². The molecule has 0 fully saturated rings. The molecule has 0 aliphatic heterocycles. The van der Waals surface area contributed by atoms with Crippen molar-refractivity contribution < 1.29 is 28.6 Å². The van der Waals surface area contributed by atoms with Gasteiger partial charge in [0.2, 0.25) is 0 Å². The molecule has 0 aromatic carbocycles. The Kier molecular flexibility index (Phi) is 67.2. The first-order valence-electron chi connectivity index (χ1n) is 35.6. The van der Waals surface area contributed by atoms with Gasteiger partial charge in [-0.25, -0.2) is 0 Å². The van der Waals surface area contributed by atoms with Gasteiger partial charge < -0.3 is 14.2 Å². The molecule has 0 aliphatic rings. The smallest absolute Gasteiger partial charge is 0.306 e. The van der Waals surface area contributed by atoms with E-state index in [4.69, 9.17) is 14.2 Å². The third-order valence-electron chi connectivity index (χ3n) is 15.7. The molecular formula is C76H134O6. The van der Waals surface area contributed by atoms with E-state index >= 15 is 0 Å². The monoisotopic (exact) mass is 1140 g/mol. The number of rotatable bonds is 65. The second-order valence-corrected chi connectivity index (χ2v) is 23.8. The predicted octanol–water partition coefficient (Wildman–Crippen LogP) is 24.6. The maximum atomic E-state index is 12.9. The van der Waals surface area contributed by atoms with E-state index in [1.165, 1.54) is 212 Å². The van der Waals surface area contributed by atoms with Crippen molar-refractivity contribution in [1.29, 1.82) is 0 Å². The number of esters is 3. The normalized spacial score (nSPS) is 12.6. The van der Waals surface area contributed by atoms with Crippen LogP contribution in [-0.4, -0.2) is 37.2 Å².